The molecule has 0 aromatic carbocycles. The zero-order valence-electron chi connectivity index (χ0n) is 15.2. The van der Waals surface area contributed by atoms with Gasteiger partial charge in [-0.15, -0.1) is 0 Å². The fourth-order valence-electron chi connectivity index (χ4n) is 3.68. The molecule has 0 saturated carbocycles. The molecule has 7 nitrogen and oxygen atoms in total. The average molecular weight is 360 g/mol. The molecule has 0 spiro atoms. The number of aromatic nitrogens is 4. The van der Waals surface area contributed by atoms with Crippen molar-refractivity contribution in [1.82, 2.24) is 19.7 Å². The molecule has 7 heteroatoms. The minimum atomic E-state index is -0.0384. The number of fused-ring (bicyclic) bond motifs is 1. The Hall–Kier alpha value is -3.22. The van der Waals surface area contributed by atoms with Crippen LogP contribution in [0.1, 0.15) is 34.6 Å². The molecule has 3 aromatic heterocycles. The van der Waals surface area contributed by atoms with E-state index in [-0.39, 0.29) is 5.91 Å². The zero-order chi connectivity index (χ0) is 18.4. The normalized spacial score (nSPS) is 16.3. The first-order valence-electron chi connectivity index (χ1n) is 9.23. The second-order valence-electron chi connectivity index (χ2n) is 7.05. The molecule has 0 unspecified atom stereocenters. The highest BCUT2D eigenvalue weighted by Gasteiger charge is 2.32. The van der Waals surface area contributed by atoms with Gasteiger partial charge in [-0.05, 0) is 44.0 Å². The summed E-state index contributed by atoms with van der Waals surface area (Å²) in [6.45, 7) is 4.53. The Kier molecular flexibility index (Phi) is 3.67. The summed E-state index contributed by atoms with van der Waals surface area (Å²) in [5.41, 5.74) is 4.01. The van der Waals surface area contributed by atoms with Crippen molar-refractivity contribution in [3.05, 3.63) is 59.8 Å². The molecular formula is C20H20N6O. The Labute approximate surface area is 157 Å². The van der Waals surface area contributed by atoms with E-state index in [0.717, 1.165) is 41.7 Å². The maximum Gasteiger partial charge on any atom is 0.262 e. The molecule has 27 heavy (non-hydrogen) atoms. The first-order valence-corrected chi connectivity index (χ1v) is 9.23. The molecule has 0 atom stereocenters. The lowest BCUT2D eigenvalue weighted by Crippen LogP contribution is -2.24. The highest BCUT2D eigenvalue weighted by Crippen LogP contribution is 2.28. The van der Waals surface area contributed by atoms with E-state index in [1.54, 1.807) is 22.0 Å². The van der Waals surface area contributed by atoms with Gasteiger partial charge in [0.15, 0.2) is 0 Å². The fourth-order valence-corrected chi connectivity index (χ4v) is 3.68. The third-order valence-corrected chi connectivity index (χ3v) is 5.21. The van der Waals surface area contributed by atoms with Gasteiger partial charge in [-0.3, -0.25) is 9.78 Å². The Morgan fingerprint density at radius 3 is 2.41 bits per heavy atom. The van der Waals surface area contributed by atoms with Gasteiger partial charge in [-0.1, -0.05) is 0 Å². The van der Waals surface area contributed by atoms with Gasteiger partial charge in [0.25, 0.3) is 5.91 Å². The molecule has 3 aromatic rings. The molecule has 2 aliphatic rings. The predicted octanol–water partition coefficient (Wildman–Crippen LogP) is 2.73. The van der Waals surface area contributed by atoms with Gasteiger partial charge in [0.1, 0.15) is 5.82 Å². The van der Waals surface area contributed by atoms with Gasteiger partial charge in [0, 0.05) is 25.0 Å². The lowest BCUT2D eigenvalue weighted by molar-refractivity contribution is 0.0996. The molecule has 0 aliphatic carbocycles. The summed E-state index contributed by atoms with van der Waals surface area (Å²) in [6, 6.07) is 7.86. The monoisotopic (exact) mass is 360 g/mol. The molecule has 2 aliphatic heterocycles. The third-order valence-electron chi connectivity index (χ3n) is 5.21. The van der Waals surface area contributed by atoms with E-state index < -0.39 is 0 Å². The van der Waals surface area contributed by atoms with E-state index in [4.69, 9.17) is 0 Å². The number of amides is 1. The van der Waals surface area contributed by atoms with Crippen molar-refractivity contribution in [3.63, 3.8) is 0 Å². The number of nitrogens with zero attached hydrogens (tertiary/aromatic N) is 6. The van der Waals surface area contributed by atoms with Crippen LogP contribution in [0.15, 0.2) is 42.9 Å². The van der Waals surface area contributed by atoms with Crippen molar-refractivity contribution in [1.29, 1.82) is 0 Å². The van der Waals surface area contributed by atoms with E-state index in [0.29, 0.717) is 12.1 Å². The van der Waals surface area contributed by atoms with Gasteiger partial charge >= 0.3 is 0 Å². The molecule has 0 N–H and O–H groups in total. The van der Waals surface area contributed by atoms with Crippen molar-refractivity contribution in [3.8, 4) is 5.69 Å². The molecule has 0 radical (unpaired) electrons. The van der Waals surface area contributed by atoms with Crippen LogP contribution in [0, 0.1) is 6.92 Å². The summed E-state index contributed by atoms with van der Waals surface area (Å²) in [7, 11) is 0. The standard InChI is InChI=1S/C20H20N6O/c1-14-4-5-15(10-21-14)25-13-18-17(20(25)27)12-26(23-18)16-6-7-19(22-11-16)24-8-2-3-9-24/h4-7,10-12H,2-3,8-9,13H2,1H3. The number of hydrogen-bond acceptors (Lipinski definition) is 5. The smallest absolute Gasteiger partial charge is 0.262 e. The highest BCUT2D eigenvalue weighted by molar-refractivity contribution is 6.09. The Bertz CT molecular complexity index is 986. The van der Waals surface area contributed by atoms with E-state index in [9.17, 15) is 4.79 Å². The SMILES string of the molecule is Cc1ccc(N2Cc3nn(-c4ccc(N5CCCC5)nc4)cc3C2=O)cn1. The number of rotatable bonds is 3. The number of carbonyl (C=O) groups excluding carboxylic acids is 1. The van der Waals surface area contributed by atoms with Crippen LogP contribution < -0.4 is 9.80 Å². The van der Waals surface area contributed by atoms with Crippen LogP contribution in [-0.4, -0.2) is 38.7 Å². The second-order valence-corrected chi connectivity index (χ2v) is 7.05. The third kappa shape index (κ3) is 2.75. The lowest BCUT2D eigenvalue weighted by Gasteiger charge is -2.16. The minimum absolute atomic E-state index is 0.0384. The fraction of sp³-hybridized carbons (Fsp3) is 0.300. The van der Waals surface area contributed by atoms with E-state index in [1.807, 2.05) is 37.4 Å². The molecule has 1 fully saturated rings. The maximum atomic E-state index is 12.8. The van der Waals surface area contributed by atoms with Crippen LogP contribution in [0.2, 0.25) is 0 Å². The van der Waals surface area contributed by atoms with Crippen LogP contribution in [0.5, 0.6) is 0 Å². The minimum Gasteiger partial charge on any atom is -0.357 e. The van der Waals surface area contributed by atoms with E-state index in [2.05, 4.69) is 20.0 Å². The predicted molar refractivity (Wildman–Crippen MR) is 102 cm³/mol. The van der Waals surface area contributed by atoms with Crippen LogP contribution in [0.3, 0.4) is 0 Å². The molecule has 0 bridgehead atoms. The molecular weight excluding hydrogens is 340 g/mol. The molecule has 5 rings (SSSR count). The second kappa shape index (κ2) is 6.19. The van der Waals surface area contributed by atoms with Gasteiger partial charge in [0.2, 0.25) is 0 Å². The quantitative estimate of drug-likeness (QED) is 0.718. The maximum absolute atomic E-state index is 12.8. The van der Waals surface area contributed by atoms with Gasteiger partial charge in [0.05, 0.1) is 41.6 Å². The van der Waals surface area contributed by atoms with Crippen molar-refractivity contribution < 1.29 is 4.79 Å². The van der Waals surface area contributed by atoms with Gasteiger partial charge in [-0.25, -0.2) is 9.67 Å². The average Bonchev–Trinajstić information content (AvgIpc) is 3.41. The molecule has 5 heterocycles. The summed E-state index contributed by atoms with van der Waals surface area (Å²) < 4.78 is 1.74. The highest BCUT2D eigenvalue weighted by atomic mass is 16.2. The Morgan fingerprint density at radius 2 is 1.74 bits per heavy atom. The van der Waals surface area contributed by atoms with Crippen LogP contribution >= 0.6 is 0 Å². The van der Waals surface area contributed by atoms with Gasteiger partial charge < -0.3 is 9.80 Å². The number of carbonyl (C=O) groups is 1. The summed E-state index contributed by atoms with van der Waals surface area (Å²) in [5.74, 6) is 0.966. The number of aryl methyl sites for hydroxylation is 1. The number of anilines is 2. The first-order chi connectivity index (χ1) is 13.2. The Morgan fingerprint density at radius 1 is 0.963 bits per heavy atom. The summed E-state index contributed by atoms with van der Waals surface area (Å²) >= 11 is 0. The van der Waals surface area contributed by atoms with Crippen LogP contribution in [0.25, 0.3) is 5.69 Å². The van der Waals surface area contributed by atoms with Crippen molar-refractivity contribution in [2.24, 2.45) is 0 Å². The number of hydrogen-bond donors (Lipinski definition) is 0. The van der Waals surface area contributed by atoms with Crippen molar-refractivity contribution in [2.45, 2.75) is 26.3 Å². The van der Waals surface area contributed by atoms with Crippen LogP contribution in [0.4, 0.5) is 11.5 Å². The largest absolute Gasteiger partial charge is 0.357 e. The van der Waals surface area contributed by atoms with Crippen molar-refractivity contribution in [2.75, 3.05) is 22.9 Å². The van der Waals surface area contributed by atoms with Gasteiger partial charge in [-0.2, -0.15) is 5.10 Å². The van der Waals surface area contributed by atoms with E-state index >= 15 is 0 Å². The molecule has 1 amide bonds. The van der Waals surface area contributed by atoms with Crippen LogP contribution in [-0.2, 0) is 6.54 Å². The topological polar surface area (TPSA) is 67.2 Å². The van der Waals surface area contributed by atoms with Crippen molar-refractivity contribution >= 4 is 17.4 Å². The van der Waals surface area contributed by atoms with E-state index in [1.165, 1.54) is 12.8 Å². The number of pyridine rings is 2. The Balaban J connectivity index is 1.38. The lowest BCUT2D eigenvalue weighted by atomic mass is 10.3. The summed E-state index contributed by atoms with van der Waals surface area (Å²) in [6.07, 6.45) is 7.80. The summed E-state index contributed by atoms with van der Waals surface area (Å²) in [4.78, 5) is 25.6. The zero-order valence-corrected chi connectivity index (χ0v) is 15.2. The molecule has 136 valence electrons. The molecule has 1 saturated heterocycles. The first kappa shape index (κ1) is 16.0. The summed E-state index contributed by atoms with van der Waals surface area (Å²) in [5, 5.41) is 4.61.